The van der Waals surface area contributed by atoms with Crippen molar-refractivity contribution in [1.82, 2.24) is 14.9 Å². The van der Waals surface area contributed by atoms with E-state index >= 15 is 0 Å². The van der Waals surface area contributed by atoms with Crippen LogP contribution < -0.4 is 10.1 Å². The molecular formula is C21H29N3O3S. The van der Waals surface area contributed by atoms with Crippen LogP contribution in [0.1, 0.15) is 29.8 Å². The van der Waals surface area contributed by atoms with Gasteiger partial charge in [-0.1, -0.05) is 30.0 Å². The number of rotatable bonds is 9. The van der Waals surface area contributed by atoms with Crippen molar-refractivity contribution in [3.05, 3.63) is 41.2 Å². The highest BCUT2D eigenvalue weighted by molar-refractivity contribution is 7.99. The first-order chi connectivity index (χ1) is 13.6. The van der Waals surface area contributed by atoms with Crippen molar-refractivity contribution in [2.24, 2.45) is 0 Å². The molecule has 2 heterocycles. The van der Waals surface area contributed by atoms with Crippen molar-refractivity contribution in [2.75, 3.05) is 26.0 Å². The van der Waals surface area contributed by atoms with E-state index in [0.29, 0.717) is 12.3 Å². The number of carbonyl (C=O) groups is 1. The van der Waals surface area contributed by atoms with Gasteiger partial charge in [-0.05, 0) is 44.7 Å². The van der Waals surface area contributed by atoms with E-state index in [1.54, 1.807) is 7.11 Å². The molecular weight excluding hydrogens is 374 g/mol. The zero-order valence-electron chi connectivity index (χ0n) is 16.9. The Morgan fingerprint density at radius 1 is 1.39 bits per heavy atom. The van der Waals surface area contributed by atoms with Crippen LogP contribution in [-0.2, 0) is 22.5 Å². The first-order valence-electron chi connectivity index (χ1n) is 9.75. The van der Waals surface area contributed by atoms with Crippen LogP contribution in [0.2, 0.25) is 0 Å². The molecule has 0 bridgehead atoms. The van der Waals surface area contributed by atoms with Crippen LogP contribution >= 0.6 is 11.8 Å². The summed E-state index contributed by atoms with van der Waals surface area (Å²) < 4.78 is 13.3. The molecule has 0 saturated carbocycles. The number of benzene rings is 1. The Balaban J connectivity index is 1.49. The molecule has 1 atom stereocenters. The molecule has 1 saturated heterocycles. The minimum atomic E-state index is 0.0156. The lowest BCUT2D eigenvalue weighted by molar-refractivity contribution is -0.118. The third-order valence-electron chi connectivity index (χ3n) is 5.07. The number of para-hydroxylation sites is 1. The fraction of sp³-hybridized carbons (Fsp3) is 0.524. The zero-order chi connectivity index (χ0) is 19.9. The van der Waals surface area contributed by atoms with E-state index in [0.717, 1.165) is 60.3 Å². The Hall–Kier alpha value is -1.99. The number of ether oxygens (including phenoxy) is 2. The molecule has 28 heavy (non-hydrogen) atoms. The minimum absolute atomic E-state index is 0.0156. The summed E-state index contributed by atoms with van der Waals surface area (Å²) in [5, 5.41) is 3.88. The van der Waals surface area contributed by atoms with E-state index in [4.69, 9.17) is 9.47 Å². The number of hydrogen-bond acceptors (Lipinski definition) is 5. The maximum atomic E-state index is 12.3. The largest absolute Gasteiger partial charge is 0.496 e. The second-order valence-electron chi connectivity index (χ2n) is 7.01. The molecule has 1 amide bonds. The number of methoxy groups -OCH3 is 1. The fourth-order valence-corrected chi connectivity index (χ4v) is 4.30. The molecule has 1 aliphatic rings. The van der Waals surface area contributed by atoms with Gasteiger partial charge >= 0.3 is 0 Å². The summed E-state index contributed by atoms with van der Waals surface area (Å²) in [6.07, 6.45) is 3.20. The van der Waals surface area contributed by atoms with Gasteiger partial charge in [0, 0.05) is 18.8 Å². The highest BCUT2D eigenvalue weighted by Crippen LogP contribution is 2.24. The Labute approximate surface area is 171 Å². The summed E-state index contributed by atoms with van der Waals surface area (Å²) in [6, 6.07) is 7.88. The van der Waals surface area contributed by atoms with Crippen LogP contribution in [0, 0.1) is 13.8 Å². The number of aryl methyl sites for hydroxylation is 1. The summed E-state index contributed by atoms with van der Waals surface area (Å²) in [5.74, 6) is 1.22. The summed E-state index contributed by atoms with van der Waals surface area (Å²) in [5.41, 5.74) is 3.25. The third kappa shape index (κ3) is 5.29. The number of nitrogens with zero attached hydrogens (tertiary/aromatic N) is 2. The minimum Gasteiger partial charge on any atom is -0.496 e. The van der Waals surface area contributed by atoms with E-state index in [1.807, 2.05) is 31.2 Å². The van der Waals surface area contributed by atoms with Gasteiger partial charge in [0.15, 0.2) is 5.16 Å². The lowest BCUT2D eigenvalue weighted by Crippen LogP contribution is -2.27. The highest BCUT2D eigenvalue weighted by Gasteiger charge is 2.20. The van der Waals surface area contributed by atoms with Gasteiger partial charge in [-0.3, -0.25) is 4.79 Å². The van der Waals surface area contributed by atoms with Gasteiger partial charge < -0.3 is 19.4 Å². The number of nitrogens with one attached hydrogen (secondary N) is 1. The molecule has 1 aromatic heterocycles. The summed E-state index contributed by atoms with van der Waals surface area (Å²) in [7, 11) is 1.66. The van der Waals surface area contributed by atoms with Crippen molar-refractivity contribution in [3.63, 3.8) is 0 Å². The average Bonchev–Trinajstić information content (AvgIpc) is 3.31. The molecule has 1 aromatic carbocycles. The van der Waals surface area contributed by atoms with E-state index in [1.165, 1.54) is 11.8 Å². The Bertz CT molecular complexity index is 800. The smallest absolute Gasteiger partial charge is 0.230 e. The number of aromatic nitrogens is 2. The van der Waals surface area contributed by atoms with Crippen LogP contribution in [0.15, 0.2) is 29.4 Å². The van der Waals surface area contributed by atoms with Gasteiger partial charge in [-0.25, -0.2) is 4.98 Å². The molecule has 6 nitrogen and oxygen atoms in total. The maximum Gasteiger partial charge on any atom is 0.230 e. The molecule has 2 aromatic rings. The standard InChI is InChI=1S/C21H29N3O3S/c1-15-16(2)24(13-18-8-6-12-27-18)21(23-15)28-14-20(25)22-11-10-17-7-4-5-9-19(17)26-3/h4-5,7,9,18H,6,8,10-14H2,1-3H3,(H,22,25). The van der Waals surface area contributed by atoms with Gasteiger partial charge in [0.05, 0.1) is 31.2 Å². The van der Waals surface area contributed by atoms with Gasteiger partial charge in [0.25, 0.3) is 0 Å². The second kappa shape index (κ2) is 9.98. The molecule has 0 radical (unpaired) electrons. The molecule has 1 unspecified atom stereocenters. The molecule has 1 aliphatic heterocycles. The van der Waals surface area contributed by atoms with Crippen molar-refractivity contribution >= 4 is 17.7 Å². The van der Waals surface area contributed by atoms with Crippen molar-refractivity contribution in [1.29, 1.82) is 0 Å². The van der Waals surface area contributed by atoms with Crippen LogP contribution in [-0.4, -0.2) is 47.6 Å². The van der Waals surface area contributed by atoms with E-state index in [-0.39, 0.29) is 12.0 Å². The lowest BCUT2D eigenvalue weighted by atomic mass is 10.1. The number of imidazole rings is 1. The van der Waals surface area contributed by atoms with Crippen LogP contribution in [0.3, 0.4) is 0 Å². The van der Waals surface area contributed by atoms with E-state index in [9.17, 15) is 4.79 Å². The highest BCUT2D eigenvalue weighted by atomic mass is 32.2. The molecule has 3 rings (SSSR count). The molecule has 1 fully saturated rings. The normalized spacial score (nSPS) is 16.3. The number of amides is 1. The predicted molar refractivity (Wildman–Crippen MR) is 111 cm³/mol. The lowest BCUT2D eigenvalue weighted by Gasteiger charge is -2.14. The average molecular weight is 404 g/mol. The topological polar surface area (TPSA) is 65.4 Å². The van der Waals surface area contributed by atoms with Crippen molar-refractivity contribution in [3.8, 4) is 5.75 Å². The maximum absolute atomic E-state index is 12.3. The number of carbonyl (C=O) groups excluding carboxylic acids is 1. The Morgan fingerprint density at radius 2 is 2.21 bits per heavy atom. The van der Waals surface area contributed by atoms with E-state index in [2.05, 4.69) is 21.8 Å². The third-order valence-corrected chi connectivity index (χ3v) is 6.05. The summed E-state index contributed by atoms with van der Waals surface area (Å²) in [6.45, 7) is 6.33. The quantitative estimate of drug-likeness (QED) is 0.652. The Kier molecular flexibility index (Phi) is 7.39. The molecule has 1 N–H and O–H groups in total. The SMILES string of the molecule is COc1ccccc1CCNC(=O)CSc1nc(C)c(C)n1CC1CCCO1. The van der Waals surface area contributed by atoms with Crippen LogP contribution in [0.4, 0.5) is 0 Å². The summed E-state index contributed by atoms with van der Waals surface area (Å²) >= 11 is 1.49. The fourth-order valence-electron chi connectivity index (χ4n) is 3.37. The van der Waals surface area contributed by atoms with E-state index < -0.39 is 0 Å². The number of thioether (sulfide) groups is 1. The van der Waals surface area contributed by atoms with Crippen LogP contribution in [0.5, 0.6) is 5.75 Å². The first-order valence-corrected chi connectivity index (χ1v) is 10.7. The van der Waals surface area contributed by atoms with Gasteiger partial charge in [0.1, 0.15) is 5.75 Å². The molecule has 152 valence electrons. The number of hydrogen-bond donors (Lipinski definition) is 1. The Morgan fingerprint density at radius 3 is 2.96 bits per heavy atom. The molecule has 0 spiro atoms. The van der Waals surface area contributed by atoms with Gasteiger partial charge in [-0.15, -0.1) is 0 Å². The predicted octanol–water partition coefficient (Wildman–Crippen LogP) is 3.14. The molecule has 0 aliphatic carbocycles. The molecule has 7 heteroatoms. The second-order valence-corrected chi connectivity index (χ2v) is 7.95. The van der Waals surface area contributed by atoms with Crippen molar-refractivity contribution < 1.29 is 14.3 Å². The van der Waals surface area contributed by atoms with Gasteiger partial charge in [-0.2, -0.15) is 0 Å². The first kappa shape index (κ1) is 20.7. The van der Waals surface area contributed by atoms with Crippen molar-refractivity contribution in [2.45, 2.75) is 50.9 Å². The monoisotopic (exact) mass is 403 g/mol. The van der Waals surface area contributed by atoms with Gasteiger partial charge in [0.2, 0.25) is 5.91 Å². The summed E-state index contributed by atoms with van der Waals surface area (Å²) in [4.78, 5) is 16.9. The zero-order valence-corrected chi connectivity index (χ0v) is 17.7. The van der Waals surface area contributed by atoms with Crippen LogP contribution in [0.25, 0.3) is 0 Å².